The van der Waals surface area contributed by atoms with E-state index in [0.717, 1.165) is 11.1 Å². The van der Waals surface area contributed by atoms with Crippen LogP contribution >= 0.6 is 23.1 Å². The Hall–Kier alpha value is -2.98. The van der Waals surface area contributed by atoms with Crippen LogP contribution in [-0.4, -0.2) is 29.4 Å². The molecule has 0 radical (unpaired) electrons. The van der Waals surface area contributed by atoms with E-state index in [4.69, 9.17) is 4.42 Å². The van der Waals surface area contributed by atoms with Gasteiger partial charge in [0.1, 0.15) is 10.5 Å². The number of hydrogen-bond donors (Lipinski definition) is 0. The molecule has 0 amide bonds. The Morgan fingerprint density at radius 3 is 2.75 bits per heavy atom. The highest BCUT2D eigenvalue weighted by Crippen LogP contribution is 2.27. The molecule has 1 aromatic carbocycles. The zero-order valence-corrected chi connectivity index (χ0v) is 16.6. The third-order valence-corrected chi connectivity index (χ3v) is 6.13. The lowest BCUT2D eigenvalue weighted by Gasteiger charge is -2.04. The first kappa shape index (κ1) is 17.1. The zero-order valence-electron chi connectivity index (χ0n) is 15.0. The van der Waals surface area contributed by atoms with Gasteiger partial charge in [0.2, 0.25) is 11.7 Å². The summed E-state index contributed by atoms with van der Waals surface area (Å²) in [7, 11) is 1.70. The summed E-state index contributed by atoms with van der Waals surface area (Å²) in [6, 6.07) is 9.83. The molecule has 0 aliphatic rings. The van der Waals surface area contributed by atoms with Crippen molar-refractivity contribution >= 4 is 39.1 Å². The van der Waals surface area contributed by atoms with Crippen LogP contribution in [0.3, 0.4) is 0 Å². The molecule has 0 unspecified atom stereocenters. The minimum atomic E-state index is -0.0660. The van der Waals surface area contributed by atoms with E-state index in [9.17, 15) is 4.79 Å². The molecule has 0 fully saturated rings. The monoisotopic (exact) mass is 410 g/mol. The Bertz CT molecular complexity index is 1360. The number of thiophene rings is 1. The van der Waals surface area contributed by atoms with Crippen molar-refractivity contribution in [2.45, 2.75) is 17.9 Å². The number of nitrogens with zero attached hydrogens (tertiary/aromatic N) is 6. The Kier molecular flexibility index (Phi) is 4.02. The second-order valence-corrected chi connectivity index (χ2v) is 8.12. The van der Waals surface area contributed by atoms with Gasteiger partial charge in [0.15, 0.2) is 0 Å². The molecule has 140 valence electrons. The van der Waals surface area contributed by atoms with Gasteiger partial charge in [0, 0.05) is 12.6 Å². The fourth-order valence-corrected chi connectivity index (χ4v) is 4.48. The zero-order chi connectivity index (χ0) is 19.3. The van der Waals surface area contributed by atoms with Gasteiger partial charge in [0.05, 0.1) is 11.3 Å². The van der Waals surface area contributed by atoms with E-state index in [1.807, 2.05) is 47.0 Å². The normalized spacial score (nSPS) is 11.6. The topological polar surface area (TPSA) is 91.1 Å². The average molecular weight is 410 g/mol. The lowest BCUT2D eigenvalue weighted by molar-refractivity contribution is 0.465. The van der Waals surface area contributed by atoms with Gasteiger partial charge in [-0.3, -0.25) is 13.8 Å². The predicted octanol–water partition coefficient (Wildman–Crippen LogP) is 3.29. The third-order valence-electron chi connectivity index (χ3n) is 4.43. The van der Waals surface area contributed by atoms with Gasteiger partial charge in [-0.15, -0.1) is 31.7 Å². The fourth-order valence-electron chi connectivity index (χ4n) is 2.95. The second kappa shape index (κ2) is 6.57. The van der Waals surface area contributed by atoms with E-state index in [1.54, 1.807) is 7.05 Å². The summed E-state index contributed by atoms with van der Waals surface area (Å²) in [6.45, 7) is 2.03. The van der Waals surface area contributed by atoms with Crippen LogP contribution in [0.1, 0.15) is 11.4 Å². The van der Waals surface area contributed by atoms with E-state index in [0.29, 0.717) is 33.2 Å². The first-order chi connectivity index (χ1) is 13.6. The van der Waals surface area contributed by atoms with Gasteiger partial charge >= 0.3 is 0 Å². The lowest BCUT2D eigenvalue weighted by Crippen LogP contribution is -2.19. The smallest absolute Gasteiger partial charge is 0.277 e. The van der Waals surface area contributed by atoms with Crippen LogP contribution in [0.5, 0.6) is 0 Å². The standard InChI is InChI=1S/C18H14N6O2S2/c1-10-3-5-11(6-4-10)15-20-22-18(26-15)28-9-13-19-21-17-23(2)16(25)14-12(24(13)17)7-8-27-14/h3-8H,9H2,1-2H3. The molecular weight excluding hydrogens is 396 g/mol. The number of benzene rings is 1. The van der Waals surface area contributed by atoms with Crippen LogP contribution in [0, 0.1) is 6.92 Å². The van der Waals surface area contributed by atoms with E-state index >= 15 is 0 Å². The van der Waals surface area contributed by atoms with Gasteiger partial charge in [-0.05, 0) is 30.5 Å². The molecule has 0 N–H and O–H groups in total. The van der Waals surface area contributed by atoms with Gasteiger partial charge in [-0.2, -0.15) is 0 Å². The van der Waals surface area contributed by atoms with Gasteiger partial charge in [0.25, 0.3) is 10.8 Å². The second-order valence-electron chi connectivity index (χ2n) is 6.28. The minimum Gasteiger partial charge on any atom is -0.411 e. The van der Waals surface area contributed by atoms with Crippen molar-refractivity contribution in [1.29, 1.82) is 0 Å². The molecule has 0 saturated carbocycles. The SMILES string of the molecule is Cc1ccc(-c2nnc(SCc3nnc4n(C)c(=O)c5sccc5n34)o2)cc1. The summed E-state index contributed by atoms with van der Waals surface area (Å²) in [5, 5.41) is 19.0. The molecule has 4 heterocycles. The summed E-state index contributed by atoms with van der Waals surface area (Å²) in [4.78, 5) is 12.4. The van der Waals surface area contributed by atoms with Crippen LogP contribution in [0.15, 0.2) is 50.1 Å². The van der Waals surface area contributed by atoms with Crippen molar-refractivity contribution in [2.24, 2.45) is 7.05 Å². The molecule has 0 aliphatic carbocycles. The first-order valence-corrected chi connectivity index (χ1v) is 10.3. The van der Waals surface area contributed by atoms with Crippen molar-refractivity contribution in [2.75, 3.05) is 0 Å². The highest BCUT2D eigenvalue weighted by atomic mass is 32.2. The van der Waals surface area contributed by atoms with Crippen molar-refractivity contribution in [3.8, 4) is 11.5 Å². The van der Waals surface area contributed by atoms with Crippen molar-refractivity contribution < 1.29 is 4.42 Å². The number of aromatic nitrogens is 6. The van der Waals surface area contributed by atoms with E-state index in [1.165, 1.54) is 33.2 Å². The molecule has 4 aromatic heterocycles. The number of rotatable bonds is 4. The van der Waals surface area contributed by atoms with Crippen LogP contribution in [0.25, 0.3) is 27.4 Å². The lowest BCUT2D eigenvalue weighted by atomic mass is 10.1. The highest BCUT2D eigenvalue weighted by Gasteiger charge is 2.17. The van der Waals surface area contributed by atoms with Crippen LogP contribution in [-0.2, 0) is 12.8 Å². The highest BCUT2D eigenvalue weighted by molar-refractivity contribution is 7.98. The maximum atomic E-state index is 12.4. The maximum absolute atomic E-state index is 12.4. The molecule has 10 heteroatoms. The molecular formula is C18H14N6O2S2. The Balaban J connectivity index is 1.46. The number of fused-ring (bicyclic) bond motifs is 3. The van der Waals surface area contributed by atoms with Crippen molar-refractivity contribution in [3.63, 3.8) is 0 Å². The van der Waals surface area contributed by atoms with E-state index in [-0.39, 0.29) is 5.56 Å². The Labute approximate surface area is 166 Å². The molecule has 0 spiro atoms. The van der Waals surface area contributed by atoms with E-state index < -0.39 is 0 Å². The molecule has 5 aromatic rings. The summed E-state index contributed by atoms with van der Waals surface area (Å²) in [6.07, 6.45) is 0. The largest absolute Gasteiger partial charge is 0.411 e. The average Bonchev–Trinajstić information content (AvgIpc) is 3.43. The number of aryl methyl sites for hydroxylation is 2. The summed E-state index contributed by atoms with van der Waals surface area (Å²) < 4.78 is 9.86. The summed E-state index contributed by atoms with van der Waals surface area (Å²) in [5.41, 5.74) is 2.80. The Morgan fingerprint density at radius 1 is 1.11 bits per heavy atom. The van der Waals surface area contributed by atoms with Crippen LogP contribution < -0.4 is 5.56 Å². The maximum Gasteiger partial charge on any atom is 0.277 e. The molecule has 0 aliphatic heterocycles. The quantitative estimate of drug-likeness (QED) is 0.420. The van der Waals surface area contributed by atoms with Crippen molar-refractivity contribution in [3.05, 3.63) is 57.5 Å². The van der Waals surface area contributed by atoms with Gasteiger partial charge in [-0.1, -0.05) is 29.5 Å². The van der Waals surface area contributed by atoms with Crippen molar-refractivity contribution in [1.82, 2.24) is 29.4 Å². The van der Waals surface area contributed by atoms with Crippen LogP contribution in [0.4, 0.5) is 0 Å². The Morgan fingerprint density at radius 2 is 1.93 bits per heavy atom. The predicted molar refractivity (Wildman–Crippen MR) is 108 cm³/mol. The summed E-state index contributed by atoms with van der Waals surface area (Å²) >= 11 is 2.80. The fraction of sp³-hybridized carbons (Fsp3) is 0.167. The number of thioether (sulfide) groups is 1. The molecule has 0 bridgehead atoms. The third kappa shape index (κ3) is 2.72. The number of hydrogen-bond acceptors (Lipinski definition) is 8. The molecule has 8 nitrogen and oxygen atoms in total. The summed E-state index contributed by atoms with van der Waals surface area (Å²) in [5.74, 6) is 2.20. The molecule has 0 saturated heterocycles. The minimum absolute atomic E-state index is 0.0660. The van der Waals surface area contributed by atoms with Crippen LogP contribution in [0.2, 0.25) is 0 Å². The molecule has 0 atom stereocenters. The molecule has 5 rings (SSSR count). The van der Waals surface area contributed by atoms with E-state index in [2.05, 4.69) is 20.4 Å². The molecule has 28 heavy (non-hydrogen) atoms. The van der Waals surface area contributed by atoms with Gasteiger partial charge in [-0.25, -0.2) is 0 Å². The first-order valence-electron chi connectivity index (χ1n) is 8.45. The van der Waals surface area contributed by atoms with Gasteiger partial charge < -0.3 is 4.42 Å².